The van der Waals surface area contributed by atoms with E-state index in [1.165, 1.54) is 14.0 Å². The lowest BCUT2D eigenvalue weighted by Gasteiger charge is -2.10. The lowest BCUT2D eigenvalue weighted by atomic mass is 10.2. The molecule has 0 fully saturated rings. The van der Waals surface area contributed by atoms with Gasteiger partial charge in [0.05, 0.1) is 14.2 Å². The van der Waals surface area contributed by atoms with Gasteiger partial charge >= 0.3 is 0 Å². The second kappa shape index (κ2) is 8.84. The van der Waals surface area contributed by atoms with Gasteiger partial charge in [-0.1, -0.05) is 0 Å². The average molecular weight is 294 g/mol. The molecule has 0 radical (unpaired) electrons. The van der Waals surface area contributed by atoms with E-state index in [1.54, 1.807) is 25.3 Å². The molecule has 1 aromatic rings. The zero-order valence-electron chi connectivity index (χ0n) is 12.7. The van der Waals surface area contributed by atoms with Crippen LogP contribution in [0.1, 0.15) is 30.1 Å². The number of benzene rings is 1. The number of methoxy groups -OCH3 is 2. The zero-order valence-corrected chi connectivity index (χ0v) is 12.7. The van der Waals surface area contributed by atoms with Crippen molar-refractivity contribution >= 4 is 11.8 Å². The summed E-state index contributed by atoms with van der Waals surface area (Å²) < 4.78 is 10.3. The van der Waals surface area contributed by atoms with Crippen molar-refractivity contribution < 1.29 is 19.1 Å². The number of nitrogens with one attached hydrogen (secondary N) is 2. The first-order valence-electron chi connectivity index (χ1n) is 6.83. The number of ether oxygens (including phenoxy) is 2. The molecule has 1 rings (SSSR count). The molecule has 2 amide bonds. The maximum Gasteiger partial charge on any atom is 0.251 e. The zero-order chi connectivity index (χ0) is 15.7. The highest BCUT2D eigenvalue weighted by Crippen LogP contribution is 2.27. The molecule has 21 heavy (non-hydrogen) atoms. The van der Waals surface area contributed by atoms with Gasteiger partial charge in [-0.15, -0.1) is 0 Å². The minimum absolute atomic E-state index is 0.0376. The van der Waals surface area contributed by atoms with Gasteiger partial charge in [0.1, 0.15) is 0 Å². The van der Waals surface area contributed by atoms with Gasteiger partial charge < -0.3 is 20.1 Å². The molecule has 6 heteroatoms. The molecule has 0 aliphatic heterocycles. The Kier molecular flexibility index (Phi) is 7.08. The van der Waals surface area contributed by atoms with Crippen LogP contribution in [0.5, 0.6) is 11.5 Å². The molecule has 0 bridgehead atoms. The first-order chi connectivity index (χ1) is 10.1. The van der Waals surface area contributed by atoms with Gasteiger partial charge in [0.15, 0.2) is 11.5 Å². The second-order valence-electron chi connectivity index (χ2n) is 4.52. The predicted molar refractivity (Wildman–Crippen MR) is 79.8 cm³/mol. The number of carbonyl (C=O) groups excluding carboxylic acids is 2. The van der Waals surface area contributed by atoms with Crippen molar-refractivity contribution in [2.45, 2.75) is 19.8 Å². The van der Waals surface area contributed by atoms with Crippen LogP contribution in [0.2, 0.25) is 0 Å². The van der Waals surface area contributed by atoms with Crippen LogP contribution in [0.15, 0.2) is 18.2 Å². The molecule has 0 unspecified atom stereocenters. The van der Waals surface area contributed by atoms with Gasteiger partial charge in [-0.3, -0.25) is 9.59 Å². The average Bonchev–Trinajstić information content (AvgIpc) is 2.49. The molecule has 2 N–H and O–H groups in total. The predicted octanol–water partition coefficient (Wildman–Crippen LogP) is 1.35. The smallest absolute Gasteiger partial charge is 0.251 e. The lowest BCUT2D eigenvalue weighted by Crippen LogP contribution is -2.26. The minimum Gasteiger partial charge on any atom is -0.493 e. The van der Waals surface area contributed by atoms with Gasteiger partial charge in [0.25, 0.3) is 5.91 Å². The van der Waals surface area contributed by atoms with Crippen LogP contribution in [-0.2, 0) is 4.79 Å². The monoisotopic (exact) mass is 294 g/mol. The van der Waals surface area contributed by atoms with Crippen molar-refractivity contribution in [3.8, 4) is 11.5 Å². The van der Waals surface area contributed by atoms with E-state index in [0.717, 1.165) is 12.8 Å². The van der Waals surface area contributed by atoms with E-state index < -0.39 is 0 Å². The van der Waals surface area contributed by atoms with E-state index in [4.69, 9.17) is 9.47 Å². The van der Waals surface area contributed by atoms with Gasteiger partial charge in [-0.05, 0) is 31.0 Å². The molecule has 6 nitrogen and oxygen atoms in total. The number of carbonyl (C=O) groups is 2. The molecule has 0 spiro atoms. The van der Waals surface area contributed by atoms with Crippen molar-refractivity contribution in [1.82, 2.24) is 10.6 Å². The van der Waals surface area contributed by atoms with E-state index >= 15 is 0 Å². The van der Waals surface area contributed by atoms with Crippen molar-refractivity contribution in [1.29, 1.82) is 0 Å². The molecule has 116 valence electrons. The van der Waals surface area contributed by atoms with E-state index in [9.17, 15) is 9.59 Å². The Morgan fingerprint density at radius 3 is 2.19 bits per heavy atom. The van der Waals surface area contributed by atoms with Crippen LogP contribution in [0.25, 0.3) is 0 Å². The summed E-state index contributed by atoms with van der Waals surface area (Å²) in [6.07, 6.45) is 1.63. The standard InChI is InChI=1S/C15H22N2O4/c1-11(18)16-8-4-5-9-17-15(19)12-6-7-13(20-2)14(10-12)21-3/h6-7,10H,4-5,8-9H2,1-3H3,(H,16,18)(H,17,19). The number of unbranched alkanes of at least 4 members (excludes halogenated alkanes) is 1. The third-order valence-corrected chi connectivity index (χ3v) is 2.91. The molecule has 0 heterocycles. The fraction of sp³-hybridized carbons (Fsp3) is 0.467. The van der Waals surface area contributed by atoms with E-state index in [-0.39, 0.29) is 11.8 Å². The van der Waals surface area contributed by atoms with Crippen LogP contribution in [0.3, 0.4) is 0 Å². The Balaban J connectivity index is 2.40. The number of rotatable bonds is 8. The maximum absolute atomic E-state index is 12.0. The van der Waals surface area contributed by atoms with E-state index in [0.29, 0.717) is 30.2 Å². The molecule has 0 saturated heterocycles. The third-order valence-electron chi connectivity index (χ3n) is 2.91. The van der Waals surface area contributed by atoms with Crippen LogP contribution in [0.4, 0.5) is 0 Å². The summed E-state index contributed by atoms with van der Waals surface area (Å²) in [6.45, 7) is 2.67. The first kappa shape index (κ1) is 16.8. The van der Waals surface area contributed by atoms with Gasteiger partial charge in [0.2, 0.25) is 5.91 Å². The number of amides is 2. The van der Waals surface area contributed by atoms with E-state index in [1.807, 2.05) is 0 Å². The molecule has 0 atom stereocenters. The van der Waals surface area contributed by atoms with Gasteiger partial charge in [-0.2, -0.15) is 0 Å². The quantitative estimate of drug-likeness (QED) is 0.710. The Labute approximate surface area is 124 Å². The van der Waals surface area contributed by atoms with E-state index in [2.05, 4.69) is 10.6 Å². The normalized spacial score (nSPS) is 9.86. The lowest BCUT2D eigenvalue weighted by molar-refractivity contribution is -0.118. The van der Waals surface area contributed by atoms with Crippen molar-refractivity contribution in [3.05, 3.63) is 23.8 Å². The molecule has 0 aromatic heterocycles. The topological polar surface area (TPSA) is 76.7 Å². The Morgan fingerprint density at radius 1 is 1.00 bits per heavy atom. The summed E-state index contributed by atoms with van der Waals surface area (Å²) >= 11 is 0. The highest BCUT2D eigenvalue weighted by molar-refractivity contribution is 5.94. The van der Waals surface area contributed by atoms with Crippen molar-refractivity contribution in [3.63, 3.8) is 0 Å². The fourth-order valence-corrected chi connectivity index (χ4v) is 1.80. The summed E-state index contributed by atoms with van der Waals surface area (Å²) in [7, 11) is 3.08. The van der Waals surface area contributed by atoms with Gasteiger partial charge in [0, 0.05) is 25.6 Å². The third kappa shape index (κ3) is 5.72. The Morgan fingerprint density at radius 2 is 1.62 bits per heavy atom. The largest absolute Gasteiger partial charge is 0.493 e. The molecule has 1 aromatic carbocycles. The minimum atomic E-state index is -0.157. The molecule has 0 aliphatic carbocycles. The summed E-state index contributed by atoms with van der Waals surface area (Å²) in [5, 5.41) is 5.54. The van der Waals surface area contributed by atoms with Crippen molar-refractivity contribution in [2.75, 3.05) is 27.3 Å². The van der Waals surface area contributed by atoms with Crippen LogP contribution in [0, 0.1) is 0 Å². The molecular weight excluding hydrogens is 272 g/mol. The Hall–Kier alpha value is -2.24. The van der Waals surface area contributed by atoms with Crippen LogP contribution >= 0.6 is 0 Å². The molecule has 0 aliphatic rings. The van der Waals surface area contributed by atoms with Crippen molar-refractivity contribution in [2.24, 2.45) is 0 Å². The number of hydrogen-bond acceptors (Lipinski definition) is 4. The van der Waals surface area contributed by atoms with Crippen LogP contribution < -0.4 is 20.1 Å². The first-order valence-corrected chi connectivity index (χ1v) is 6.83. The second-order valence-corrected chi connectivity index (χ2v) is 4.52. The highest BCUT2D eigenvalue weighted by atomic mass is 16.5. The number of hydrogen-bond donors (Lipinski definition) is 2. The summed E-state index contributed by atoms with van der Waals surface area (Å²) in [4.78, 5) is 22.7. The maximum atomic E-state index is 12.0. The highest BCUT2D eigenvalue weighted by Gasteiger charge is 2.10. The van der Waals surface area contributed by atoms with Crippen LogP contribution in [-0.4, -0.2) is 39.1 Å². The SMILES string of the molecule is COc1ccc(C(=O)NCCCCNC(C)=O)cc1OC. The summed E-state index contributed by atoms with van der Waals surface area (Å²) in [5.74, 6) is 0.917. The molecular formula is C15H22N2O4. The molecule has 0 saturated carbocycles. The van der Waals surface area contributed by atoms with Gasteiger partial charge in [-0.25, -0.2) is 0 Å². The fourth-order valence-electron chi connectivity index (χ4n) is 1.80. The summed E-state index contributed by atoms with van der Waals surface area (Å²) in [6, 6.07) is 5.03. The Bertz CT molecular complexity index is 489. The summed E-state index contributed by atoms with van der Waals surface area (Å²) in [5.41, 5.74) is 0.523.